The first kappa shape index (κ1) is 33.3. The molecule has 0 bridgehead atoms. The number of likely N-dealkylation sites (tertiary alicyclic amines) is 2. The number of amides is 3. The van der Waals surface area contributed by atoms with Crippen LogP contribution in [0.2, 0.25) is 5.02 Å². The molecule has 2 fully saturated rings. The van der Waals surface area contributed by atoms with Gasteiger partial charge in [0, 0.05) is 66.1 Å². The standard InChI is InChI=1S/C34H44ClN5O4S/c1-23-19-24(35)20-28(27-10-15-37-29-21-26(45-34(27)29)22-40-31(42)8-9-32(40)43)33(23)44-25-11-17-39(18-12-25)16-6-14-38-30(41)7-4-2-3-5-13-36/h10,15,19-21,25H,2-9,11-14,16-18,22,36H2,1H3,(H,38,41). The number of benzene rings is 1. The van der Waals surface area contributed by atoms with Crippen LogP contribution in [0.15, 0.2) is 30.5 Å². The number of unbranched alkanes of at least 4 members (excludes halogenated alkanes) is 3. The first-order valence-corrected chi connectivity index (χ1v) is 17.4. The van der Waals surface area contributed by atoms with Gasteiger partial charge in [0.2, 0.25) is 17.7 Å². The van der Waals surface area contributed by atoms with Gasteiger partial charge in [-0.1, -0.05) is 24.4 Å². The van der Waals surface area contributed by atoms with Gasteiger partial charge in [0.1, 0.15) is 11.9 Å². The third kappa shape index (κ3) is 8.82. The summed E-state index contributed by atoms with van der Waals surface area (Å²) >= 11 is 8.12. The normalized spacial score (nSPS) is 16.2. The van der Waals surface area contributed by atoms with E-state index < -0.39 is 0 Å². The van der Waals surface area contributed by atoms with Crippen molar-refractivity contribution >= 4 is 50.9 Å². The predicted octanol–water partition coefficient (Wildman–Crippen LogP) is 5.83. The molecule has 4 heterocycles. The molecule has 2 aliphatic heterocycles. The summed E-state index contributed by atoms with van der Waals surface area (Å²) < 4.78 is 7.70. The Kier molecular flexibility index (Phi) is 11.8. The van der Waals surface area contributed by atoms with Crippen molar-refractivity contribution in [2.45, 2.75) is 83.8 Å². The second-order valence-corrected chi connectivity index (χ2v) is 13.6. The topological polar surface area (TPSA) is 118 Å². The minimum Gasteiger partial charge on any atom is -0.489 e. The van der Waals surface area contributed by atoms with Crippen LogP contribution >= 0.6 is 22.9 Å². The van der Waals surface area contributed by atoms with Gasteiger partial charge in [-0.05, 0) is 81.9 Å². The first-order chi connectivity index (χ1) is 21.8. The minimum atomic E-state index is -0.120. The molecule has 0 unspecified atom stereocenters. The molecule has 2 aliphatic rings. The van der Waals surface area contributed by atoms with Gasteiger partial charge < -0.3 is 20.7 Å². The van der Waals surface area contributed by atoms with E-state index >= 15 is 0 Å². The number of nitrogens with zero attached hydrogens (tertiary/aromatic N) is 3. The van der Waals surface area contributed by atoms with Crippen LogP contribution in [0.3, 0.4) is 0 Å². The maximum Gasteiger partial charge on any atom is 0.230 e. The predicted molar refractivity (Wildman–Crippen MR) is 179 cm³/mol. The molecule has 11 heteroatoms. The fourth-order valence-corrected chi connectivity index (χ4v) is 7.54. The van der Waals surface area contributed by atoms with Crippen molar-refractivity contribution in [3.8, 4) is 16.9 Å². The molecular weight excluding hydrogens is 610 g/mol. The third-order valence-corrected chi connectivity index (χ3v) is 9.97. The van der Waals surface area contributed by atoms with E-state index in [0.29, 0.717) is 18.0 Å². The number of thiophene rings is 1. The maximum atomic E-state index is 12.2. The van der Waals surface area contributed by atoms with E-state index in [0.717, 1.165) is 109 Å². The molecule has 0 spiro atoms. The highest BCUT2D eigenvalue weighted by Crippen LogP contribution is 2.42. The van der Waals surface area contributed by atoms with E-state index in [1.165, 1.54) is 4.90 Å². The van der Waals surface area contributed by atoms with Crippen molar-refractivity contribution in [3.05, 3.63) is 45.9 Å². The Bertz CT molecular complexity index is 1490. The van der Waals surface area contributed by atoms with E-state index in [1.807, 2.05) is 31.2 Å². The number of ether oxygens (including phenoxy) is 1. The minimum absolute atomic E-state index is 0.0854. The number of nitrogens with one attached hydrogen (secondary N) is 1. The SMILES string of the molecule is Cc1cc(Cl)cc(-c2ccnc3cc(CN4C(=O)CCC4=O)sc23)c1OC1CCN(CCCNC(=O)CCCCCCN)CC1. The summed E-state index contributed by atoms with van der Waals surface area (Å²) in [6.07, 6.45) is 9.92. The second-order valence-electron chi connectivity index (χ2n) is 12.1. The van der Waals surface area contributed by atoms with Crippen molar-refractivity contribution in [1.82, 2.24) is 20.1 Å². The molecule has 0 saturated carbocycles. The Hall–Kier alpha value is -3.05. The van der Waals surface area contributed by atoms with Crippen LogP contribution in [0.25, 0.3) is 21.3 Å². The average molecular weight is 654 g/mol. The molecule has 2 aromatic heterocycles. The molecule has 1 aromatic carbocycles. The zero-order valence-corrected chi connectivity index (χ0v) is 27.7. The van der Waals surface area contributed by atoms with Crippen LogP contribution in [0.5, 0.6) is 5.75 Å². The number of pyridine rings is 1. The molecule has 0 aliphatic carbocycles. The molecular formula is C34H44ClN5O4S. The molecule has 45 heavy (non-hydrogen) atoms. The second kappa shape index (κ2) is 16.0. The zero-order valence-electron chi connectivity index (χ0n) is 26.1. The van der Waals surface area contributed by atoms with Crippen molar-refractivity contribution < 1.29 is 19.1 Å². The quantitative estimate of drug-likeness (QED) is 0.156. The zero-order chi connectivity index (χ0) is 31.8. The Morgan fingerprint density at radius 3 is 2.58 bits per heavy atom. The smallest absolute Gasteiger partial charge is 0.230 e. The lowest BCUT2D eigenvalue weighted by atomic mass is 10.0. The highest BCUT2D eigenvalue weighted by atomic mass is 35.5. The van der Waals surface area contributed by atoms with E-state index in [-0.39, 0.29) is 43.2 Å². The summed E-state index contributed by atoms with van der Waals surface area (Å²) in [7, 11) is 0. The lowest BCUT2D eigenvalue weighted by molar-refractivity contribution is -0.139. The number of imide groups is 1. The Labute approximate surface area is 274 Å². The average Bonchev–Trinajstić information content (AvgIpc) is 3.59. The van der Waals surface area contributed by atoms with Gasteiger partial charge in [-0.3, -0.25) is 24.3 Å². The van der Waals surface area contributed by atoms with E-state index in [1.54, 1.807) is 17.5 Å². The molecule has 3 N–H and O–H groups in total. The molecule has 9 nitrogen and oxygen atoms in total. The van der Waals surface area contributed by atoms with Crippen molar-refractivity contribution in [1.29, 1.82) is 0 Å². The summed E-state index contributed by atoms with van der Waals surface area (Å²) in [6.45, 7) is 6.58. The summed E-state index contributed by atoms with van der Waals surface area (Å²) in [4.78, 5) is 45.8. The molecule has 0 radical (unpaired) electrons. The number of fused-ring (bicyclic) bond motifs is 1. The van der Waals surface area contributed by atoms with Crippen LogP contribution in [0, 0.1) is 6.92 Å². The molecule has 3 aromatic rings. The maximum absolute atomic E-state index is 12.2. The lowest BCUT2D eigenvalue weighted by Gasteiger charge is -2.33. The van der Waals surface area contributed by atoms with E-state index in [9.17, 15) is 14.4 Å². The number of aryl methyl sites for hydroxylation is 1. The van der Waals surface area contributed by atoms with E-state index in [2.05, 4.69) is 15.2 Å². The van der Waals surface area contributed by atoms with Gasteiger partial charge in [-0.2, -0.15) is 0 Å². The summed E-state index contributed by atoms with van der Waals surface area (Å²) in [5.41, 5.74) is 9.22. The van der Waals surface area contributed by atoms with Crippen LogP contribution < -0.4 is 15.8 Å². The fourth-order valence-electron chi connectivity index (χ4n) is 6.14. The molecule has 5 rings (SSSR count). The number of aromatic nitrogens is 1. The number of carbonyl (C=O) groups excluding carboxylic acids is 3. The van der Waals surface area contributed by atoms with Crippen LogP contribution in [-0.4, -0.2) is 71.3 Å². The fraction of sp³-hybridized carbons (Fsp3) is 0.529. The van der Waals surface area contributed by atoms with Gasteiger partial charge in [-0.25, -0.2) is 0 Å². The molecule has 0 atom stereocenters. The number of hydrogen-bond donors (Lipinski definition) is 2. The molecule has 2 saturated heterocycles. The van der Waals surface area contributed by atoms with E-state index in [4.69, 9.17) is 22.1 Å². The third-order valence-electron chi connectivity index (χ3n) is 8.61. The summed E-state index contributed by atoms with van der Waals surface area (Å²) in [5, 5.41) is 3.70. The first-order valence-electron chi connectivity index (χ1n) is 16.2. The van der Waals surface area contributed by atoms with Crippen molar-refractivity contribution in [2.24, 2.45) is 5.73 Å². The largest absolute Gasteiger partial charge is 0.489 e. The lowest BCUT2D eigenvalue weighted by Crippen LogP contribution is -2.39. The van der Waals surface area contributed by atoms with Gasteiger partial charge in [0.05, 0.1) is 16.8 Å². The highest BCUT2D eigenvalue weighted by Gasteiger charge is 2.30. The molecule has 3 amide bonds. The Balaban J connectivity index is 1.17. The van der Waals surface area contributed by atoms with Crippen LogP contribution in [0.1, 0.15) is 74.6 Å². The van der Waals surface area contributed by atoms with Gasteiger partial charge in [0.25, 0.3) is 0 Å². The number of carbonyl (C=O) groups is 3. The van der Waals surface area contributed by atoms with Gasteiger partial charge in [0.15, 0.2) is 0 Å². The number of halogens is 1. The highest BCUT2D eigenvalue weighted by molar-refractivity contribution is 7.19. The Morgan fingerprint density at radius 1 is 1.07 bits per heavy atom. The van der Waals surface area contributed by atoms with Crippen LogP contribution in [0.4, 0.5) is 0 Å². The summed E-state index contributed by atoms with van der Waals surface area (Å²) in [5.74, 6) is 0.733. The number of piperidine rings is 1. The van der Waals surface area contributed by atoms with Crippen molar-refractivity contribution in [2.75, 3.05) is 32.7 Å². The Morgan fingerprint density at radius 2 is 1.82 bits per heavy atom. The van der Waals surface area contributed by atoms with Crippen molar-refractivity contribution in [3.63, 3.8) is 0 Å². The molecule has 242 valence electrons. The number of rotatable bonds is 15. The summed E-state index contributed by atoms with van der Waals surface area (Å²) in [6, 6.07) is 7.84. The number of nitrogens with two attached hydrogens (primary N) is 1. The van der Waals surface area contributed by atoms with Gasteiger partial charge in [-0.15, -0.1) is 11.3 Å². The van der Waals surface area contributed by atoms with Gasteiger partial charge >= 0.3 is 0 Å². The monoisotopic (exact) mass is 653 g/mol. The van der Waals surface area contributed by atoms with Crippen LogP contribution in [-0.2, 0) is 20.9 Å². The number of hydrogen-bond acceptors (Lipinski definition) is 8.